The van der Waals surface area contributed by atoms with E-state index >= 15 is 0 Å². The molecule has 0 aromatic rings. The van der Waals surface area contributed by atoms with Gasteiger partial charge in [-0.15, -0.1) is 0 Å². The minimum absolute atomic E-state index is 0.310. The smallest absolute Gasteiger partial charge is 0.0567 e. The lowest BCUT2D eigenvalue weighted by atomic mass is 9.99. The highest BCUT2D eigenvalue weighted by molar-refractivity contribution is 4.65. The van der Waals surface area contributed by atoms with E-state index in [2.05, 4.69) is 20.8 Å². The van der Waals surface area contributed by atoms with Crippen LogP contribution in [0.25, 0.3) is 0 Å². The topological polar surface area (TPSA) is 40.5 Å². The Balaban J connectivity index is 3.44. The standard InChI is InChI=1S/C12H26O2/c1-4-5-6-7-11(13)9-12(14)8-10(2)3/h10-14H,4-9H2,1-3H3. The lowest BCUT2D eigenvalue weighted by molar-refractivity contribution is 0.0629. The fourth-order valence-corrected chi connectivity index (χ4v) is 1.70. The number of rotatable bonds is 8. The summed E-state index contributed by atoms with van der Waals surface area (Å²) in [4.78, 5) is 0. The summed E-state index contributed by atoms with van der Waals surface area (Å²) in [7, 11) is 0. The Hall–Kier alpha value is -0.0800. The van der Waals surface area contributed by atoms with Crippen LogP contribution in [0.3, 0.4) is 0 Å². The minimum atomic E-state index is -0.327. The molecule has 0 aliphatic rings. The van der Waals surface area contributed by atoms with Gasteiger partial charge in [-0.25, -0.2) is 0 Å². The van der Waals surface area contributed by atoms with Gasteiger partial charge in [0.2, 0.25) is 0 Å². The molecule has 0 heterocycles. The second kappa shape index (κ2) is 8.25. The van der Waals surface area contributed by atoms with Gasteiger partial charge in [-0.05, 0) is 25.2 Å². The van der Waals surface area contributed by atoms with Crippen molar-refractivity contribution in [2.24, 2.45) is 5.92 Å². The summed E-state index contributed by atoms with van der Waals surface area (Å²) < 4.78 is 0. The van der Waals surface area contributed by atoms with Crippen LogP contribution >= 0.6 is 0 Å². The molecule has 0 bridgehead atoms. The molecule has 0 aromatic carbocycles. The third-order valence-electron chi connectivity index (χ3n) is 2.43. The second-order valence-corrected chi connectivity index (χ2v) is 4.67. The van der Waals surface area contributed by atoms with Crippen LogP contribution in [0.1, 0.15) is 59.3 Å². The monoisotopic (exact) mass is 202 g/mol. The zero-order valence-electron chi connectivity index (χ0n) is 9.87. The zero-order chi connectivity index (χ0) is 11.0. The van der Waals surface area contributed by atoms with Crippen LogP contribution in [0.4, 0.5) is 0 Å². The molecular formula is C12H26O2. The predicted molar refractivity (Wildman–Crippen MR) is 60.2 cm³/mol. The van der Waals surface area contributed by atoms with E-state index in [4.69, 9.17) is 0 Å². The van der Waals surface area contributed by atoms with Crippen molar-refractivity contribution in [3.63, 3.8) is 0 Å². The molecule has 0 aromatic heterocycles. The lowest BCUT2D eigenvalue weighted by Crippen LogP contribution is -2.19. The molecule has 2 unspecified atom stereocenters. The number of hydrogen-bond acceptors (Lipinski definition) is 2. The van der Waals surface area contributed by atoms with E-state index in [1.54, 1.807) is 0 Å². The minimum Gasteiger partial charge on any atom is -0.393 e. The average molecular weight is 202 g/mol. The van der Waals surface area contributed by atoms with Crippen molar-refractivity contribution in [3.05, 3.63) is 0 Å². The molecule has 2 N–H and O–H groups in total. The van der Waals surface area contributed by atoms with Crippen LogP contribution in [-0.4, -0.2) is 22.4 Å². The van der Waals surface area contributed by atoms with Crippen LogP contribution in [0.15, 0.2) is 0 Å². The molecule has 86 valence electrons. The average Bonchev–Trinajstić information content (AvgIpc) is 2.02. The maximum absolute atomic E-state index is 9.60. The van der Waals surface area contributed by atoms with E-state index < -0.39 is 0 Å². The number of unbranched alkanes of at least 4 members (excludes halogenated alkanes) is 2. The number of aliphatic hydroxyl groups excluding tert-OH is 2. The van der Waals surface area contributed by atoms with Crippen molar-refractivity contribution < 1.29 is 10.2 Å². The van der Waals surface area contributed by atoms with Gasteiger partial charge in [-0.2, -0.15) is 0 Å². The highest BCUT2D eigenvalue weighted by Crippen LogP contribution is 2.13. The van der Waals surface area contributed by atoms with Gasteiger partial charge in [0, 0.05) is 0 Å². The Labute approximate surface area is 88.3 Å². The van der Waals surface area contributed by atoms with Gasteiger partial charge in [0.15, 0.2) is 0 Å². The number of aliphatic hydroxyl groups is 2. The molecule has 2 atom stereocenters. The van der Waals surface area contributed by atoms with Gasteiger partial charge in [0.05, 0.1) is 12.2 Å². The van der Waals surface area contributed by atoms with E-state index in [1.165, 1.54) is 12.8 Å². The maximum atomic E-state index is 9.60. The second-order valence-electron chi connectivity index (χ2n) is 4.67. The van der Waals surface area contributed by atoms with Crippen LogP contribution in [0.5, 0.6) is 0 Å². The Morgan fingerprint density at radius 1 is 0.929 bits per heavy atom. The highest BCUT2D eigenvalue weighted by Gasteiger charge is 2.12. The normalized spacial score (nSPS) is 15.9. The summed E-state index contributed by atoms with van der Waals surface area (Å²) in [5.74, 6) is 0.507. The molecule has 0 saturated heterocycles. The van der Waals surface area contributed by atoms with Gasteiger partial charge in [0.25, 0.3) is 0 Å². The SMILES string of the molecule is CCCCCC(O)CC(O)CC(C)C. The highest BCUT2D eigenvalue weighted by atomic mass is 16.3. The van der Waals surface area contributed by atoms with Crippen molar-refractivity contribution in [1.29, 1.82) is 0 Å². The summed E-state index contributed by atoms with van der Waals surface area (Å²) in [6.07, 6.45) is 4.97. The van der Waals surface area contributed by atoms with E-state index in [0.717, 1.165) is 19.3 Å². The van der Waals surface area contributed by atoms with Crippen LogP contribution in [0, 0.1) is 5.92 Å². The van der Waals surface area contributed by atoms with Crippen molar-refractivity contribution in [2.45, 2.75) is 71.5 Å². The molecule has 0 aliphatic carbocycles. The summed E-state index contributed by atoms with van der Waals surface area (Å²) in [6, 6.07) is 0. The van der Waals surface area contributed by atoms with Gasteiger partial charge in [-0.1, -0.05) is 40.0 Å². The van der Waals surface area contributed by atoms with Crippen molar-refractivity contribution in [2.75, 3.05) is 0 Å². The van der Waals surface area contributed by atoms with Crippen LogP contribution < -0.4 is 0 Å². The first kappa shape index (κ1) is 13.9. The van der Waals surface area contributed by atoms with Gasteiger partial charge in [-0.3, -0.25) is 0 Å². The molecule has 2 heteroatoms. The van der Waals surface area contributed by atoms with Crippen LogP contribution in [0.2, 0.25) is 0 Å². The molecule has 0 amide bonds. The molecule has 0 fully saturated rings. The summed E-state index contributed by atoms with van der Waals surface area (Å²) >= 11 is 0. The van der Waals surface area contributed by atoms with E-state index in [-0.39, 0.29) is 12.2 Å². The van der Waals surface area contributed by atoms with E-state index in [0.29, 0.717) is 12.3 Å². The number of hydrogen-bond donors (Lipinski definition) is 2. The third kappa shape index (κ3) is 8.52. The molecule has 0 rings (SSSR count). The molecule has 14 heavy (non-hydrogen) atoms. The quantitative estimate of drug-likeness (QED) is 0.594. The Bertz CT molecular complexity index is 123. The summed E-state index contributed by atoms with van der Waals surface area (Å²) in [5, 5.41) is 19.2. The third-order valence-corrected chi connectivity index (χ3v) is 2.43. The fourth-order valence-electron chi connectivity index (χ4n) is 1.70. The first-order chi connectivity index (χ1) is 6.56. The predicted octanol–water partition coefficient (Wildman–Crippen LogP) is 2.72. The van der Waals surface area contributed by atoms with Crippen molar-refractivity contribution in [1.82, 2.24) is 0 Å². The van der Waals surface area contributed by atoms with Gasteiger partial charge >= 0.3 is 0 Å². The first-order valence-electron chi connectivity index (χ1n) is 5.92. The molecule has 0 saturated carbocycles. The van der Waals surface area contributed by atoms with E-state index in [9.17, 15) is 10.2 Å². The maximum Gasteiger partial charge on any atom is 0.0567 e. The molecule has 0 spiro atoms. The fraction of sp³-hybridized carbons (Fsp3) is 1.00. The molecule has 0 radical (unpaired) electrons. The van der Waals surface area contributed by atoms with Crippen LogP contribution in [-0.2, 0) is 0 Å². The van der Waals surface area contributed by atoms with E-state index in [1.807, 2.05) is 0 Å². The molecule has 2 nitrogen and oxygen atoms in total. The largest absolute Gasteiger partial charge is 0.393 e. The van der Waals surface area contributed by atoms with Gasteiger partial charge < -0.3 is 10.2 Å². The zero-order valence-corrected chi connectivity index (χ0v) is 9.87. The Kier molecular flexibility index (Phi) is 8.20. The summed E-state index contributed by atoms with van der Waals surface area (Å²) in [6.45, 7) is 6.33. The van der Waals surface area contributed by atoms with Crippen molar-refractivity contribution >= 4 is 0 Å². The molecular weight excluding hydrogens is 176 g/mol. The van der Waals surface area contributed by atoms with Gasteiger partial charge in [0.1, 0.15) is 0 Å². The van der Waals surface area contributed by atoms with Crippen molar-refractivity contribution in [3.8, 4) is 0 Å². The Morgan fingerprint density at radius 2 is 1.57 bits per heavy atom. The Morgan fingerprint density at radius 3 is 2.07 bits per heavy atom. The first-order valence-corrected chi connectivity index (χ1v) is 5.92. The molecule has 0 aliphatic heterocycles. The lowest BCUT2D eigenvalue weighted by Gasteiger charge is -2.16. The summed E-state index contributed by atoms with van der Waals surface area (Å²) in [5.41, 5.74) is 0.